The number of amidine groups is 1. The topological polar surface area (TPSA) is 44.7 Å². The third-order valence-corrected chi connectivity index (χ3v) is 3.46. The first-order valence-corrected chi connectivity index (χ1v) is 6.14. The van der Waals surface area contributed by atoms with Gasteiger partial charge in [-0.15, -0.1) is 0 Å². The second kappa shape index (κ2) is 5.39. The number of nitrogens with one attached hydrogen (secondary N) is 1. The van der Waals surface area contributed by atoms with Crippen LogP contribution in [0.15, 0.2) is 4.99 Å². The van der Waals surface area contributed by atoms with E-state index in [2.05, 4.69) is 17.2 Å². The van der Waals surface area contributed by atoms with Crippen LogP contribution in [0.25, 0.3) is 0 Å². The molecule has 1 rings (SSSR count). The predicted molar refractivity (Wildman–Crippen MR) is 65.2 cm³/mol. The van der Waals surface area contributed by atoms with Crippen molar-refractivity contribution < 1.29 is 4.79 Å². The van der Waals surface area contributed by atoms with Crippen molar-refractivity contribution in [3.8, 4) is 0 Å². The highest BCUT2D eigenvalue weighted by Crippen LogP contribution is 2.15. The Labute approximate surface area is 95.5 Å². The number of likely N-dealkylation sites (N-methyl/N-ethyl adjacent to an activating group) is 1. The van der Waals surface area contributed by atoms with Gasteiger partial charge in [-0.25, -0.2) is 0 Å². The molecular weight excluding hydrogens is 210 g/mol. The molecule has 1 amide bonds. The van der Waals surface area contributed by atoms with E-state index in [1.165, 1.54) is 0 Å². The Morgan fingerprint density at radius 3 is 2.80 bits per heavy atom. The largest absolute Gasteiger partial charge is 0.353 e. The second-order valence-corrected chi connectivity index (χ2v) is 5.17. The van der Waals surface area contributed by atoms with E-state index < -0.39 is 0 Å². The fraction of sp³-hybridized carbons (Fsp3) is 0.800. The first-order chi connectivity index (χ1) is 7.00. The highest BCUT2D eigenvalue weighted by molar-refractivity contribution is 8.13. The van der Waals surface area contributed by atoms with E-state index in [0.29, 0.717) is 5.92 Å². The van der Waals surface area contributed by atoms with Crippen molar-refractivity contribution in [2.24, 2.45) is 10.9 Å². The Bertz CT molecular complexity index is 265. The van der Waals surface area contributed by atoms with Crippen LogP contribution in [-0.2, 0) is 4.79 Å². The Balaban J connectivity index is 2.45. The molecule has 0 radical (unpaired) electrons. The number of nitrogens with zero attached hydrogens (tertiary/aromatic N) is 2. The monoisotopic (exact) mass is 229 g/mol. The minimum atomic E-state index is -0.195. The molecule has 0 aromatic heterocycles. The molecule has 0 spiro atoms. The molecule has 0 fully saturated rings. The first-order valence-electron chi connectivity index (χ1n) is 5.15. The summed E-state index contributed by atoms with van der Waals surface area (Å²) in [5.41, 5.74) is 0. The fourth-order valence-electron chi connectivity index (χ4n) is 1.28. The van der Waals surface area contributed by atoms with E-state index in [4.69, 9.17) is 0 Å². The lowest BCUT2D eigenvalue weighted by Crippen LogP contribution is -2.44. The van der Waals surface area contributed by atoms with Gasteiger partial charge in [0.1, 0.15) is 6.04 Å². The molecule has 1 aliphatic heterocycles. The maximum Gasteiger partial charge on any atom is 0.244 e. The van der Waals surface area contributed by atoms with Crippen LogP contribution in [0.5, 0.6) is 0 Å². The van der Waals surface area contributed by atoms with Gasteiger partial charge < -0.3 is 10.2 Å². The summed E-state index contributed by atoms with van der Waals surface area (Å²) in [6.45, 7) is 4.91. The maximum atomic E-state index is 11.6. The van der Waals surface area contributed by atoms with E-state index in [9.17, 15) is 4.79 Å². The number of hydrogen-bond acceptors (Lipinski definition) is 4. The predicted octanol–water partition coefficient (Wildman–Crippen LogP) is 0.792. The lowest BCUT2D eigenvalue weighted by Gasteiger charge is -2.22. The van der Waals surface area contributed by atoms with Gasteiger partial charge in [0.15, 0.2) is 5.17 Å². The highest BCUT2D eigenvalue weighted by atomic mass is 32.2. The number of rotatable bonds is 2. The van der Waals surface area contributed by atoms with E-state index in [0.717, 1.165) is 17.5 Å². The zero-order chi connectivity index (χ0) is 11.4. The van der Waals surface area contributed by atoms with Crippen molar-refractivity contribution in [2.75, 3.05) is 26.4 Å². The first kappa shape index (κ1) is 12.4. The summed E-state index contributed by atoms with van der Waals surface area (Å²) >= 11 is 1.70. The Hall–Kier alpha value is -0.710. The second-order valence-electron chi connectivity index (χ2n) is 4.16. The van der Waals surface area contributed by atoms with Gasteiger partial charge in [0.25, 0.3) is 0 Å². The van der Waals surface area contributed by atoms with Crippen LogP contribution in [0.4, 0.5) is 0 Å². The van der Waals surface area contributed by atoms with Crippen LogP contribution >= 0.6 is 11.8 Å². The van der Waals surface area contributed by atoms with E-state index in [1.54, 1.807) is 30.8 Å². The lowest BCUT2D eigenvalue weighted by atomic mass is 10.2. The molecule has 2 atom stereocenters. The van der Waals surface area contributed by atoms with Crippen molar-refractivity contribution in [3.05, 3.63) is 0 Å². The molecule has 0 aromatic carbocycles. The quantitative estimate of drug-likeness (QED) is 0.761. The normalized spacial score (nSPS) is 22.9. The molecule has 0 saturated carbocycles. The maximum absolute atomic E-state index is 11.6. The number of carbonyl (C=O) groups excluding carboxylic acids is 1. The number of thioether (sulfide) groups is 1. The smallest absolute Gasteiger partial charge is 0.244 e. The summed E-state index contributed by atoms with van der Waals surface area (Å²) in [5.74, 6) is 1.80. The van der Waals surface area contributed by atoms with Crippen LogP contribution in [-0.4, -0.2) is 48.4 Å². The highest BCUT2D eigenvalue weighted by Gasteiger charge is 2.18. The van der Waals surface area contributed by atoms with Crippen molar-refractivity contribution in [2.45, 2.75) is 19.9 Å². The van der Waals surface area contributed by atoms with E-state index in [1.807, 2.05) is 6.92 Å². The van der Waals surface area contributed by atoms with Gasteiger partial charge in [0.05, 0.1) is 0 Å². The van der Waals surface area contributed by atoms with Crippen LogP contribution in [0.1, 0.15) is 13.8 Å². The van der Waals surface area contributed by atoms with Gasteiger partial charge in [-0.05, 0) is 12.8 Å². The molecule has 0 saturated heterocycles. The molecule has 2 unspecified atom stereocenters. The zero-order valence-corrected chi connectivity index (χ0v) is 10.6. The minimum Gasteiger partial charge on any atom is -0.353 e. The Morgan fingerprint density at radius 1 is 1.67 bits per heavy atom. The third-order valence-electron chi connectivity index (χ3n) is 2.20. The molecular formula is C10H19N3OS. The molecule has 15 heavy (non-hydrogen) atoms. The molecule has 0 aromatic rings. The lowest BCUT2D eigenvalue weighted by molar-refractivity contribution is -0.130. The standard InChI is InChI=1S/C10H19N3OS/c1-7-5-11-10(15-6-7)12-8(2)9(14)13(3)4/h7-8H,5-6H2,1-4H3,(H,11,12). The molecule has 5 heteroatoms. The summed E-state index contributed by atoms with van der Waals surface area (Å²) in [7, 11) is 3.52. The van der Waals surface area contributed by atoms with Crippen LogP contribution in [0.3, 0.4) is 0 Å². The average Bonchev–Trinajstić information content (AvgIpc) is 2.20. The van der Waals surface area contributed by atoms with Gasteiger partial charge in [0, 0.05) is 26.4 Å². The number of amides is 1. The van der Waals surface area contributed by atoms with Gasteiger partial charge in [-0.1, -0.05) is 18.7 Å². The van der Waals surface area contributed by atoms with Gasteiger partial charge in [-0.2, -0.15) is 0 Å². The molecule has 0 aliphatic carbocycles. The fourth-order valence-corrected chi connectivity index (χ4v) is 2.25. The number of carbonyl (C=O) groups is 1. The van der Waals surface area contributed by atoms with Crippen molar-refractivity contribution in [1.82, 2.24) is 10.2 Å². The summed E-state index contributed by atoms with van der Waals surface area (Å²) in [6, 6.07) is -0.195. The summed E-state index contributed by atoms with van der Waals surface area (Å²) in [6.07, 6.45) is 0. The van der Waals surface area contributed by atoms with Crippen LogP contribution < -0.4 is 5.32 Å². The Morgan fingerprint density at radius 2 is 2.33 bits per heavy atom. The van der Waals surface area contributed by atoms with Crippen molar-refractivity contribution in [3.63, 3.8) is 0 Å². The summed E-state index contributed by atoms with van der Waals surface area (Å²) < 4.78 is 0. The third kappa shape index (κ3) is 3.74. The summed E-state index contributed by atoms with van der Waals surface area (Å²) in [5, 5.41) is 4.04. The van der Waals surface area contributed by atoms with Gasteiger partial charge in [0.2, 0.25) is 5.91 Å². The minimum absolute atomic E-state index is 0.0805. The van der Waals surface area contributed by atoms with E-state index >= 15 is 0 Å². The van der Waals surface area contributed by atoms with Crippen LogP contribution in [0, 0.1) is 5.92 Å². The summed E-state index contributed by atoms with van der Waals surface area (Å²) in [4.78, 5) is 17.6. The molecule has 0 bridgehead atoms. The van der Waals surface area contributed by atoms with Gasteiger partial charge >= 0.3 is 0 Å². The van der Waals surface area contributed by atoms with Crippen molar-refractivity contribution in [1.29, 1.82) is 0 Å². The molecule has 1 aliphatic rings. The SMILES string of the molecule is CC1CN=C(NC(C)C(=O)N(C)C)SC1. The van der Waals surface area contributed by atoms with Crippen molar-refractivity contribution >= 4 is 22.8 Å². The van der Waals surface area contributed by atoms with Gasteiger partial charge in [-0.3, -0.25) is 9.79 Å². The van der Waals surface area contributed by atoms with E-state index in [-0.39, 0.29) is 11.9 Å². The molecule has 1 N–H and O–H groups in total. The number of aliphatic imine (C=N–C) groups is 1. The van der Waals surface area contributed by atoms with Crippen LogP contribution in [0.2, 0.25) is 0 Å². The number of hydrogen-bond donors (Lipinski definition) is 1. The molecule has 86 valence electrons. The average molecular weight is 229 g/mol. The molecule has 1 heterocycles. The molecule has 4 nitrogen and oxygen atoms in total. The zero-order valence-electron chi connectivity index (χ0n) is 9.78. The Kier molecular flexibility index (Phi) is 4.45.